The molecule has 1 aromatic rings. The van der Waals surface area contributed by atoms with Crippen LogP contribution >= 0.6 is 0 Å². The highest BCUT2D eigenvalue weighted by molar-refractivity contribution is 5.93. The molecule has 5 nitrogen and oxygen atoms in total. The van der Waals surface area contributed by atoms with Gasteiger partial charge in [0.15, 0.2) is 0 Å². The normalized spacial score (nSPS) is 10.1. The molecule has 16 heavy (non-hydrogen) atoms. The third kappa shape index (κ3) is 3.43. The quantitative estimate of drug-likeness (QED) is 0.564. The Morgan fingerprint density at radius 2 is 2.19 bits per heavy atom. The van der Waals surface area contributed by atoms with E-state index < -0.39 is 5.97 Å². The van der Waals surface area contributed by atoms with Crippen molar-refractivity contribution in [3.05, 3.63) is 23.8 Å². The van der Waals surface area contributed by atoms with Gasteiger partial charge in [0.1, 0.15) is 12.4 Å². The van der Waals surface area contributed by atoms with E-state index in [1.165, 1.54) is 12.1 Å². The first kappa shape index (κ1) is 12.3. The number of nitrogen functional groups attached to an aromatic ring is 1. The smallest absolute Gasteiger partial charge is 0.337 e. The fourth-order valence-corrected chi connectivity index (χ4v) is 1.19. The van der Waals surface area contributed by atoms with E-state index in [4.69, 9.17) is 20.3 Å². The van der Waals surface area contributed by atoms with E-state index in [1.54, 1.807) is 6.07 Å². The van der Waals surface area contributed by atoms with Crippen molar-refractivity contribution in [1.29, 1.82) is 0 Å². The van der Waals surface area contributed by atoms with Crippen LogP contribution in [0.4, 0.5) is 5.69 Å². The van der Waals surface area contributed by atoms with Crippen LogP contribution in [0.3, 0.4) is 0 Å². The fourth-order valence-electron chi connectivity index (χ4n) is 1.19. The molecular weight excluding hydrogens is 210 g/mol. The molecule has 1 aromatic carbocycles. The minimum absolute atomic E-state index is 0.0807. The van der Waals surface area contributed by atoms with Crippen molar-refractivity contribution in [1.82, 2.24) is 0 Å². The Bertz CT molecular complexity index is 365. The summed E-state index contributed by atoms with van der Waals surface area (Å²) in [6.45, 7) is 3.46. The number of nitrogens with two attached hydrogens (primary N) is 1. The molecule has 0 aromatic heterocycles. The van der Waals surface area contributed by atoms with Crippen LogP contribution in [0.15, 0.2) is 18.2 Å². The molecule has 0 bridgehead atoms. The molecule has 1 rings (SSSR count). The van der Waals surface area contributed by atoms with E-state index in [0.717, 1.165) is 0 Å². The van der Waals surface area contributed by atoms with E-state index in [9.17, 15) is 4.79 Å². The van der Waals surface area contributed by atoms with Crippen LogP contribution in [-0.2, 0) is 4.74 Å². The highest BCUT2D eigenvalue weighted by atomic mass is 16.5. The van der Waals surface area contributed by atoms with Gasteiger partial charge in [-0.2, -0.15) is 0 Å². The van der Waals surface area contributed by atoms with E-state index in [2.05, 4.69) is 0 Å². The van der Waals surface area contributed by atoms with Crippen molar-refractivity contribution in [2.24, 2.45) is 0 Å². The Hall–Kier alpha value is -1.75. The molecule has 88 valence electrons. The van der Waals surface area contributed by atoms with Gasteiger partial charge in [-0.15, -0.1) is 0 Å². The average Bonchev–Trinajstić information content (AvgIpc) is 2.24. The Labute approximate surface area is 93.8 Å². The molecule has 0 saturated heterocycles. The fraction of sp³-hybridized carbons (Fsp3) is 0.364. The summed E-state index contributed by atoms with van der Waals surface area (Å²) in [6.07, 6.45) is 0. The maximum absolute atomic E-state index is 10.7. The lowest BCUT2D eigenvalue weighted by molar-refractivity contribution is 0.0698. The van der Waals surface area contributed by atoms with Crippen LogP contribution < -0.4 is 10.5 Å². The molecule has 3 N–H and O–H groups in total. The number of carboxylic acids is 1. The number of ether oxygens (including phenoxy) is 2. The van der Waals surface area contributed by atoms with Crippen molar-refractivity contribution < 1.29 is 19.4 Å². The Kier molecular flexibility index (Phi) is 4.60. The van der Waals surface area contributed by atoms with Crippen LogP contribution in [0.2, 0.25) is 0 Å². The number of anilines is 1. The molecule has 0 aliphatic rings. The van der Waals surface area contributed by atoms with Gasteiger partial charge in [-0.3, -0.25) is 0 Å². The lowest BCUT2D eigenvalue weighted by atomic mass is 10.2. The summed E-state index contributed by atoms with van der Waals surface area (Å²) < 4.78 is 10.4. The predicted molar refractivity (Wildman–Crippen MR) is 59.8 cm³/mol. The Morgan fingerprint density at radius 1 is 1.44 bits per heavy atom. The third-order valence-electron chi connectivity index (χ3n) is 1.95. The van der Waals surface area contributed by atoms with Gasteiger partial charge in [-0.25, -0.2) is 4.79 Å². The van der Waals surface area contributed by atoms with Crippen LogP contribution in [-0.4, -0.2) is 30.9 Å². The van der Waals surface area contributed by atoms with Crippen molar-refractivity contribution >= 4 is 11.7 Å². The summed E-state index contributed by atoms with van der Waals surface area (Å²) in [5.74, 6) is -0.499. The molecular formula is C11H15NO4. The third-order valence-corrected chi connectivity index (χ3v) is 1.95. The minimum Gasteiger partial charge on any atom is -0.491 e. The molecule has 5 heteroatoms. The molecule has 0 fully saturated rings. The van der Waals surface area contributed by atoms with Gasteiger partial charge in [-0.05, 0) is 19.1 Å². The maximum Gasteiger partial charge on any atom is 0.337 e. The average molecular weight is 225 g/mol. The largest absolute Gasteiger partial charge is 0.491 e. The molecule has 0 amide bonds. The number of carboxylic acid groups (broad SMARTS) is 1. The van der Waals surface area contributed by atoms with Crippen molar-refractivity contribution in [2.45, 2.75) is 6.92 Å². The highest BCUT2D eigenvalue weighted by Gasteiger charge is 2.08. The Balaban J connectivity index is 2.56. The molecule has 0 saturated carbocycles. The van der Waals surface area contributed by atoms with Crippen molar-refractivity contribution in [2.75, 3.05) is 25.6 Å². The summed E-state index contributed by atoms with van der Waals surface area (Å²) in [4.78, 5) is 10.7. The maximum atomic E-state index is 10.7. The number of carbonyl (C=O) groups is 1. The monoisotopic (exact) mass is 225 g/mol. The zero-order valence-corrected chi connectivity index (χ0v) is 9.10. The summed E-state index contributed by atoms with van der Waals surface area (Å²) in [5.41, 5.74) is 5.84. The van der Waals surface area contributed by atoms with E-state index in [-0.39, 0.29) is 11.3 Å². The van der Waals surface area contributed by atoms with Crippen LogP contribution in [0.1, 0.15) is 17.3 Å². The van der Waals surface area contributed by atoms with Crippen LogP contribution in [0.5, 0.6) is 5.75 Å². The van der Waals surface area contributed by atoms with Crippen molar-refractivity contribution in [3.63, 3.8) is 0 Å². The highest BCUT2D eigenvalue weighted by Crippen LogP contribution is 2.19. The topological polar surface area (TPSA) is 81.8 Å². The second-order valence-corrected chi connectivity index (χ2v) is 3.10. The summed E-state index contributed by atoms with van der Waals surface area (Å²) >= 11 is 0. The number of aromatic carboxylic acids is 1. The number of benzene rings is 1. The van der Waals surface area contributed by atoms with Gasteiger partial charge >= 0.3 is 5.97 Å². The van der Waals surface area contributed by atoms with Gasteiger partial charge in [0.2, 0.25) is 0 Å². The zero-order valence-electron chi connectivity index (χ0n) is 9.10. The first-order valence-electron chi connectivity index (χ1n) is 4.98. The molecule has 0 atom stereocenters. The van der Waals surface area contributed by atoms with Gasteiger partial charge in [-0.1, -0.05) is 0 Å². The van der Waals surface area contributed by atoms with Crippen LogP contribution in [0.25, 0.3) is 0 Å². The molecule has 0 unspecified atom stereocenters. The van der Waals surface area contributed by atoms with E-state index in [1.807, 2.05) is 6.92 Å². The molecule has 0 aliphatic carbocycles. The standard InChI is InChI=1S/C11H15NO4/c1-2-15-5-6-16-8-3-4-9(11(13)14)10(12)7-8/h3-4,7H,2,5-6,12H2,1H3,(H,13,14). The lowest BCUT2D eigenvalue weighted by Gasteiger charge is -2.08. The molecule has 0 radical (unpaired) electrons. The summed E-state index contributed by atoms with van der Waals surface area (Å²) in [7, 11) is 0. The van der Waals surface area contributed by atoms with Gasteiger partial charge < -0.3 is 20.3 Å². The lowest BCUT2D eigenvalue weighted by Crippen LogP contribution is -2.07. The first-order valence-corrected chi connectivity index (χ1v) is 4.98. The summed E-state index contributed by atoms with van der Waals surface area (Å²) in [6, 6.07) is 4.49. The zero-order chi connectivity index (χ0) is 12.0. The second-order valence-electron chi connectivity index (χ2n) is 3.10. The predicted octanol–water partition coefficient (Wildman–Crippen LogP) is 1.38. The van der Waals surface area contributed by atoms with Gasteiger partial charge in [0.05, 0.1) is 12.2 Å². The SMILES string of the molecule is CCOCCOc1ccc(C(=O)O)c(N)c1. The molecule has 0 spiro atoms. The van der Waals surface area contributed by atoms with E-state index >= 15 is 0 Å². The van der Waals surface area contributed by atoms with Crippen LogP contribution in [0, 0.1) is 0 Å². The molecule has 0 aliphatic heterocycles. The first-order chi connectivity index (χ1) is 7.65. The number of rotatable bonds is 6. The van der Waals surface area contributed by atoms with E-state index in [0.29, 0.717) is 25.6 Å². The Morgan fingerprint density at radius 3 is 2.75 bits per heavy atom. The van der Waals surface area contributed by atoms with Crippen molar-refractivity contribution in [3.8, 4) is 5.75 Å². The minimum atomic E-state index is -1.04. The second kappa shape index (κ2) is 5.97. The van der Waals surface area contributed by atoms with Gasteiger partial charge in [0, 0.05) is 18.4 Å². The number of hydrogen-bond donors (Lipinski definition) is 2. The number of hydrogen-bond acceptors (Lipinski definition) is 4. The summed E-state index contributed by atoms with van der Waals surface area (Å²) in [5, 5.41) is 8.76. The molecule has 0 heterocycles. The van der Waals surface area contributed by atoms with Gasteiger partial charge in [0.25, 0.3) is 0 Å².